The van der Waals surface area contributed by atoms with Crippen LogP contribution in [0.2, 0.25) is 0 Å². The number of H-pyrrole nitrogens is 1. The van der Waals surface area contributed by atoms with E-state index in [1.807, 2.05) is 37.3 Å². The molecular formula is C15H13BrN4O. The average Bonchev–Trinajstić information content (AvgIpc) is 2.44. The first-order valence-corrected chi connectivity index (χ1v) is 7.24. The number of benzene rings is 1. The van der Waals surface area contributed by atoms with Crippen molar-refractivity contribution in [3.8, 4) is 0 Å². The van der Waals surface area contributed by atoms with Crippen LogP contribution in [0.4, 0.5) is 5.95 Å². The molecule has 0 saturated heterocycles. The molecule has 0 amide bonds. The van der Waals surface area contributed by atoms with Crippen molar-refractivity contribution in [2.75, 3.05) is 5.73 Å². The molecule has 5 nitrogen and oxygen atoms in total. The number of rotatable bonds is 2. The minimum absolute atomic E-state index is 0.156. The number of hydrogen-bond acceptors (Lipinski definition) is 4. The second-order valence-corrected chi connectivity index (χ2v) is 5.59. The van der Waals surface area contributed by atoms with Crippen molar-refractivity contribution in [3.05, 3.63) is 62.0 Å². The molecule has 0 radical (unpaired) electrons. The molecule has 3 rings (SSSR count). The first kappa shape index (κ1) is 13.8. The number of nitrogens with one attached hydrogen (secondary N) is 1. The molecule has 0 aliphatic heterocycles. The Morgan fingerprint density at radius 3 is 2.67 bits per heavy atom. The summed E-state index contributed by atoms with van der Waals surface area (Å²) in [6, 6.07) is 9.95. The van der Waals surface area contributed by atoms with E-state index in [0.717, 1.165) is 22.2 Å². The van der Waals surface area contributed by atoms with Gasteiger partial charge in [0, 0.05) is 5.39 Å². The number of fused-ring (bicyclic) bond motifs is 1. The van der Waals surface area contributed by atoms with Crippen molar-refractivity contribution in [2.45, 2.75) is 13.3 Å². The van der Waals surface area contributed by atoms with Gasteiger partial charge in [0.15, 0.2) is 0 Å². The fourth-order valence-electron chi connectivity index (χ4n) is 2.42. The van der Waals surface area contributed by atoms with Gasteiger partial charge in [0.2, 0.25) is 5.95 Å². The molecule has 3 N–H and O–H groups in total. The summed E-state index contributed by atoms with van der Waals surface area (Å²) in [6.07, 6.45) is 0.621. The molecule has 21 heavy (non-hydrogen) atoms. The third-order valence-corrected chi connectivity index (χ3v) is 4.17. The van der Waals surface area contributed by atoms with Crippen molar-refractivity contribution in [2.24, 2.45) is 0 Å². The highest BCUT2D eigenvalue weighted by atomic mass is 79.9. The standard InChI is InChI=1S/C15H13BrN4O/c1-8-11-10(7-9-5-3-2-4-6-9)12(16)14(21)19-13(11)20-15(17)18-8/h2-6H,7H2,1H3,(H3,17,18,19,20,21). The molecule has 2 heterocycles. The number of anilines is 1. The summed E-state index contributed by atoms with van der Waals surface area (Å²) in [4.78, 5) is 23.1. The molecule has 1 aromatic carbocycles. The van der Waals surface area contributed by atoms with Crippen molar-refractivity contribution < 1.29 is 0 Å². The van der Waals surface area contributed by atoms with Crippen molar-refractivity contribution in [1.82, 2.24) is 15.0 Å². The fraction of sp³-hybridized carbons (Fsp3) is 0.133. The van der Waals surface area contributed by atoms with Crippen LogP contribution in [0, 0.1) is 6.92 Å². The zero-order chi connectivity index (χ0) is 15.0. The first-order chi connectivity index (χ1) is 10.1. The van der Waals surface area contributed by atoms with Gasteiger partial charge in [0.25, 0.3) is 5.56 Å². The number of nitrogens with zero attached hydrogens (tertiary/aromatic N) is 2. The molecule has 0 spiro atoms. The van der Waals surface area contributed by atoms with Crippen LogP contribution in [0.3, 0.4) is 0 Å². The van der Waals surface area contributed by atoms with Crippen molar-refractivity contribution >= 4 is 32.9 Å². The van der Waals surface area contributed by atoms with Crippen LogP contribution in [0.1, 0.15) is 16.8 Å². The summed E-state index contributed by atoms with van der Waals surface area (Å²) in [5.74, 6) is 0.156. The third-order valence-electron chi connectivity index (χ3n) is 3.33. The van der Waals surface area contributed by atoms with Crippen molar-refractivity contribution in [3.63, 3.8) is 0 Å². The maximum atomic E-state index is 12.1. The van der Waals surface area contributed by atoms with Gasteiger partial charge in [-0.25, -0.2) is 4.98 Å². The number of nitrogens with two attached hydrogens (primary N) is 1. The van der Waals surface area contributed by atoms with E-state index in [-0.39, 0.29) is 11.5 Å². The Hall–Kier alpha value is -2.21. The summed E-state index contributed by atoms with van der Waals surface area (Å²) in [6.45, 7) is 1.86. The van der Waals surface area contributed by atoms with E-state index < -0.39 is 0 Å². The van der Waals surface area contributed by atoms with Gasteiger partial charge in [-0.1, -0.05) is 30.3 Å². The van der Waals surface area contributed by atoms with Crippen LogP contribution in [0.15, 0.2) is 39.6 Å². The average molecular weight is 345 g/mol. The number of hydrogen-bond donors (Lipinski definition) is 2. The molecular weight excluding hydrogens is 332 g/mol. The molecule has 2 aromatic heterocycles. The largest absolute Gasteiger partial charge is 0.368 e. The predicted molar refractivity (Wildman–Crippen MR) is 86.3 cm³/mol. The summed E-state index contributed by atoms with van der Waals surface area (Å²) in [5, 5.41) is 0.833. The highest BCUT2D eigenvalue weighted by Gasteiger charge is 2.15. The lowest BCUT2D eigenvalue weighted by Crippen LogP contribution is -2.13. The van der Waals surface area contributed by atoms with E-state index in [0.29, 0.717) is 16.5 Å². The molecule has 0 aliphatic rings. The second kappa shape index (κ2) is 5.29. The smallest absolute Gasteiger partial charge is 0.264 e. The molecule has 6 heteroatoms. The SMILES string of the molecule is Cc1nc(N)nc2[nH]c(=O)c(Br)c(Cc3ccccc3)c12. The highest BCUT2D eigenvalue weighted by molar-refractivity contribution is 9.10. The Labute approximate surface area is 129 Å². The lowest BCUT2D eigenvalue weighted by atomic mass is 10.0. The van der Waals surface area contributed by atoms with Gasteiger partial charge in [-0.15, -0.1) is 0 Å². The normalized spacial score (nSPS) is 11.0. The van der Waals surface area contributed by atoms with Crippen LogP contribution in [-0.2, 0) is 6.42 Å². The molecule has 0 bridgehead atoms. The number of pyridine rings is 1. The highest BCUT2D eigenvalue weighted by Crippen LogP contribution is 2.26. The molecule has 3 aromatic rings. The second-order valence-electron chi connectivity index (χ2n) is 4.80. The van der Waals surface area contributed by atoms with E-state index in [9.17, 15) is 4.79 Å². The van der Waals surface area contributed by atoms with Crippen LogP contribution in [0.5, 0.6) is 0 Å². The van der Waals surface area contributed by atoms with Crippen LogP contribution in [0.25, 0.3) is 11.0 Å². The number of halogens is 1. The lowest BCUT2D eigenvalue weighted by Gasteiger charge is -2.11. The number of aromatic amines is 1. The van der Waals surface area contributed by atoms with Gasteiger partial charge in [-0.2, -0.15) is 4.98 Å². The Morgan fingerprint density at radius 1 is 1.24 bits per heavy atom. The van der Waals surface area contributed by atoms with Gasteiger partial charge in [-0.05, 0) is 40.4 Å². The molecule has 0 unspecified atom stereocenters. The van der Waals surface area contributed by atoms with E-state index in [4.69, 9.17) is 5.73 Å². The van der Waals surface area contributed by atoms with E-state index in [1.54, 1.807) is 0 Å². The number of aryl methyl sites for hydroxylation is 1. The van der Waals surface area contributed by atoms with Gasteiger partial charge < -0.3 is 10.7 Å². The van der Waals surface area contributed by atoms with Gasteiger partial charge in [0.1, 0.15) is 5.65 Å². The maximum absolute atomic E-state index is 12.1. The maximum Gasteiger partial charge on any atom is 0.264 e. The Bertz CT molecular complexity index is 874. The van der Waals surface area contributed by atoms with E-state index in [2.05, 4.69) is 30.9 Å². The van der Waals surface area contributed by atoms with Crippen LogP contribution in [-0.4, -0.2) is 15.0 Å². The molecule has 0 saturated carbocycles. The van der Waals surface area contributed by atoms with Crippen LogP contribution < -0.4 is 11.3 Å². The summed E-state index contributed by atoms with van der Waals surface area (Å²) in [5.41, 5.74) is 8.65. The van der Waals surface area contributed by atoms with E-state index >= 15 is 0 Å². The van der Waals surface area contributed by atoms with E-state index in [1.165, 1.54) is 0 Å². The van der Waals surface area contributed by atoms with Crippen LogP contribution >= 0.6 is 15.9 Å². The minimum atomic E-state index is -0.217. The van der Waals surface area contributed by atoms with Gasteiger partial charge in [0.05, 0.1) is 10.2 Å². The zero-order valence-corrected chi connectivity index (χ0v) is 12.9. The lowest BCUT2D eigenvalue weighted by molar-refractivity contribution is 1.08. The predicted octanol–water partition coefficient (Wildman–Crippen LogP) is 2.56. The van der Waals surface area contributed by atoms with Gasteiger partial charge >= 0.3 is 0 Å². The quantitative estimate of drug-likeness (QED) is 0.748. The molecule has 0 atom stereocenters. The minimum Gasteiger partial charge on any atom is -0.368 e. The Kier molecular flexibility index (Phi) is 3.47. The summed E-state index contributed by atoms with van der Waals surface area (Å²) < 4.78 is 0.510. The third kappa shape index (κ3) is 2.54. The monoisotopic (exact) mass is 344 g/mol. The molecule has 106 valence electrons. The summed E-state index contributed by atoms with van der Waals surface area (Å²) >= 11 is 3.38. The zero-order valence-electron chi connectivity index (χ0n) is 11.4. The number of aromatic nitrogens is 3. The number of nitrogen functional groups attached to an aromatic ring is 1. The Balaban J connectivity index is 2.30. The van der Waals surface area contributed by atoms with Crippen molar-refractivity contribution in [1.29, 1.82) is 0 Å². The molecule has 0 aliphatic carbocycles. The van der Waals surface area contributed by atoms with Gasteiger partial charge in [-0.3, -0.25) is 4.79 Å². The molecule has 0 fully saturated rings. The Morgan fingerprint density at radius 2 is 1.95 bits per heavy atom. The fourth-order valence-corrected chi connectivity index (χ4v) is 2.86. The summed E-state index contributed by atoms with van der Waals surface area (Å²) in [7, 11) is 0. The topological polar surface area (TPSA) is 84.7 Å². The first-order valence-electron chi connectivity index (χ1n) is 6.44.